The molecule has 0 saturated heterocycles. The lowest BCUT2D eigenvalue weighted by Crippen LogP contribution is -2.35. The third kappa shape index (κ3) is 3.52. The highest BCUT2D eigenvalue weighted by Crippen LogP contribution is 2.08. The van der Waals surface area contributed by atoms with Crippen molar-refractivity contribution in [2.24, 2.45) is 4.99 Å². The minimum Gasteiger partial charge on any atom is -0.352 e. The lowest BCUT2D eigenvalue weighted by Gasteiger charge is -2.15. The summed E-state index contributed by atoms with van der Waals surface area (Å²) in [7, 11) is 2.04. The molecule has 0 amide bonds. The molecule has 0 atom stereocenters. The number of pyridine rings is 1. The molecular formula is C14H19IN6. The van der Waals surface area contributed by atoms with Gasteiger partial charge in [0.05, 0.1) is 6.54 Å². The van der Waals surface area contributed by atoms with Crippen LogP contribution in [0.1, 0.15) is 11.4 Å². The van der Waals surface area contributed by atoms with Gasteiger partial charge in [-0.05, 0) is 18.6 Å². The number of hydrogen-bond acceptors (Lipinski definition) is 5. The molecule has 1 aliphatic rings. The molecule has 0 aromatic carbocycles. The molecule has 6 nitrogen and oxygen atoms in total. The number of aromatic nitrogens is 3. The van der Waals surface area contributed by atoms with E-state index in [1.165, 1.54) is 0 Å². The van der Waals surface area contributed by atoms with Gasteiger partial charge in [0.1, 0.15) is 11.6 Å². The summed E-state index contributed by atoms with van der Waals surface area (Å²) in [6, 6.07) is 4.08. The van der Waals surface area contributed by atoms with Gasteiger partial charge < -0.3 is 10.2 Å². The molecule has 0 spiro atoms. The van der Waals surface area contributed by atoms with Crippen LogP contribution < -0.4 is 5.32 Å². The summed E-state index contributed by atoms with van der Waals surface area (Å²) >= 11 is 0. The molecule has 7 heteroatoms. The van der Waals surface area contributed by atoms with Gasteiger partial charge in [-0.15, -0.1) is 24.0 Å². The summed E-state index contributed by atoms with van der Waals surface area (Å²) in [6.45, 7) is 4.56. The van der Waals surface area contributed by atoms with E-state index in [2.05, 4.69) is 31.2 Å². The van der Waals surface area contributed by atoms with E-state index in [9.17, 15) is 0 Å². The summed E-state index contributed by atoms with van der Waals surface area (Å²) in [5, 5.41) is 3.33. The summed E-state index contributed by atoms with van der Waals surface area (Å²) in [6.07, 6.45) is 5.58. The van der Waals surface area contributed by atoms with E-state index in [4.69, 9.17) is 0 Å². The van der Waals surface area contributed by atoms with E-state index in [0.29, 0.717) is 0 Å². The highest BCUT2D eigenvalue weighted by atomic mass is 127. The van der Waals surface area contributed by atoms with Crippen molar-refractivity contribution >= 4 is 29.9 Å². The first-order valence-corrected chi connectivity index (χ1v) is 6.69. The number of rotatable bonds is 3. The third-order valence-electron chi connectivity index (χ3n) is 3.39. The van der Waals surface area contributed by atoms with Crippen LogP contribution in [0.15, 0.2) is 35.7 Å². The highest BCUT2D eigenvalue weighted by molar-refractivity contribution is 14.0. The topological polar surface area (TPSA) is 58.3 Å². The van der Waals surface area contributed by atoms with E-state index in [1.807, 2.05) is 37.0 Å². The van der Waals surface area contributed by atoms with Gasteiger partial charge in [-0.2, -0.15) is 0 Å². The highest BCUT2D eigenvalue weighted by Gasteiger charge is 2.11. The molecule has 112 valence electrons. The van der Waals surface area contributed by atoms with Crippen LogP contribution in [0.3, 0.4) is 0 Å². The molecule has 1 aliphatic heterocycles. The number of halogens is 1. The van der Waals surface area contributed by atoms with Crippen molar-refractivity contribution in [2.45, 2.75) is 13.5 Å². The maximum absolute atomic E-state index is 4.48. The largest absolute Gasteiger partial charge is 0.352 e. The third-order valence-corrected chi connectivity index (χ3v) is 3.39. The quantitative estimate of drug-likeness (QED) is 0.798. The molecule has 3 rings (SSSR count). The SMILES string of the molecule is Cc1nccn1-c1ccc(CNC2=NCCN2C)cn1.I. The fourth-order valence-corrected chi connectivity index (χ4v) is 2.19. The van der Waals surface area contributed by atoms with E-state index in [1.54, 1.807) is 6.20 Å². The smallest absolute Gasteiger partial charge is 0.194 e. The van der Waals surface area contributed by atoms with Crippen molar-refractivity contribution in [1.29, 1.82) is 0 Å². The molecule has 2 aromatic rings. The summed E-state index contributed by atoms with van der Waals surface area (Å²) in [4.78, 5) is 15.2. The normalized spacial score (nSPS) is 13.8. The predicted octanol–water partition coefficient (Wildman–Crippen LogP) is 1.58. The molecular weight excluding hydrogens is 379 g/mol. The van der Waals surface area contributed by atoms with Crippen molar-refractivity contribution in [1.82, 2.24) is 24.8 Å². The monoisotopic (exact) mass is 398 g/mol. The molecule has 0 unspecified atom stereocenters. The Hall–Kier alpha value is -1.64. The Balaban J connectivity index is 0.00000161. The standard InChI is InChI=1S/C14H18N6.HI/c1-11-15-6-8-20(11)13-4-3-12(9-17-13)10-18-14-16-5-7-19(14)2;/h3-4,6,8-9H,5,7,10H2,1-2H3,(H,16,18);1H. The molecule has 0 saturated carbocycles. The summed E-state index contributed by atoms with van der Waals surface area (Å²) < 4.78 is 1.96. The molecule has 2 aromatic heterocycles. The van der Waals surface area contributed by atoms with Crippen LogP contribution in [0.2, 0.25) is 0 Å². The number of guanidine groups is 1. The van der Waals surface area contributed by atoms with Crippen molar-refractivity contribution in [3.8, 4) is 5.82 Å². The number of nitrogens with zero attached hydrogens (tertiary/aromatic N) is 5. The van der Waals surface area contributed by atoms with Crippen LogP contribution in [0.25, 0.3) is 5.82 Å². The minimum atomic E-state index is 0. The average molecular weight is 398 g/mol. The zero-order valence-corrected chi connectivity index (χ0v) is 14.5. The van der Waals surface area contributed by atoms with Crippen LogP contribution in [0.5, 0.6) is 0 Å². The summed E-state index contributed by atoms with van der Waals surface area (Å²) in [5.74, 6) is 2.78. The fraction of sp³-hybridized carbons (Fsp3) is 0.357. The first-order valence-electron chi connectivity index (χ1n) is 6.69. The summed E-state index contributed by atoms with van der Waals surface area (Å²) in [5.41, 5.74) is 1.13. The molecule has 0 fully saturated rings. The lowest BCUT2D eigenvalue weighted by molar-refractivity contribution is 0.534. The average Bonchev–Trinajstić information content (AvgIpc) is 3.06. The number of aryl methyl sites for hydroxylation is 1. The Morgan fingerprint density at radius 3 is 2.71 bits per heavy atom. The van der Waals surface area contributed by atoms with Crippen LogP contribution in [-0.4, -0.2) is 45.5 Å². The van der Waals surface area contributed by atoms with E-state index in [0.717, 1.165) is 42.8 Å². The zero-order valence-electron chi connectivity index (χ0n) is 12.2. The first kappa shape index (κ1) is 15.7. The molecule has 0 radical (unpaired) electrons. The Morgan fingerprint density at radius 1 is 1.29 bits per heavy atom. The Bertz CT molecular complexity index is 619. The van der Waals surface area contributed by atoms with Crippen molar-refractivity contribution in [3.63, 3.8) is 0 Å². The van der Waals surface area contributed by atoms with Gasteiger partial charge in [0.25, 0.3) is 0 Å². The van der Waals surface area contributed by atoms with Gasteiger partial charge in [-0.1, -0.05) is 6.07 Å². The Labute approximate surface area is 141 Å². The zero-order chi connectivity index (χ0) is 13.9. The second kappa shape index (κ2) is 6.88. The van der Waals surface area contributed by atoms with Gasteiger partial charge >= 0.3 is 0 Å². The molecule has 3 heterocycles. The second-order valence-electron chi connectivity index (χ2n) is 4.85. The number of likely N-dealkylation sites (N-methyl/N-ethyl adjacent to an activating group) is 1. The van der Waals surface area contributed by atoms with Crippen molar-refractivity contribution in [2.75, 3.05) is 20.1 Å². The molecule has 0 bridgehead atoms. The number of hydrogen-bond donors (Lipinski definition) is 1. The predicted molar refractivity (Wildman–Crippen MR) is 93.3 cm³/mol. The van der Waals surface area contributed by atoms with Crippen molar-refractivity contribution in [3.05, 3.63) is 42.1 Å². The number of imidazole rings is 1. The van der Waals surface area contributed by atoms with Crippen LogP contribution in [-0.2, 0) is 6.54 Å². The number of aliphatic imine (C=N–C) groups is 1. The number of nitrogens with one attached hydrogen (secondary N) is 1. The van der Waals surface area contributed by atoms with Crippen molar-refractivity contribution < 1.29 is 0 Å². The Morgan fingerprint density at radius 2 is 2.14 bits per heavy atom. The Kier molecular flexibility index (Phi) is 5.16. The van der Waals surface area contributed by atoms with Gasteiger partial charge in [0.2, 0.25) is 0 Å². The van der Waals surface area contributed by atoms with E-state index in [-0.39, 0.29) is 24.0 Å². The van der Waals surface area contributed by atoms with Crippen LogP contribution in [0, 0.1) is 6.92 Å². The molecule has 21 heavy (non-hydrogen) atoms. The van der Waals surface area contributed by atoms with Gasteiger partial charge in [0, 0.05) is 38.7 Å². The molecule has 1 N–H and O–H groups in total. The van der Waals surface area contributed by atoms with Crippen LogP contribution >= 0.6 is 24.0 Å². The lowest BCUT2D eigenvalue weighted by atomic mass is 10.3. The van der Waals surface area contributed by atoms with Crippen LogP contribution in [0.4, 0.5) is 0 Å². The first-order chi connectivity index (χ1) is 9.74. The van der Waals surface area contributed by atoms with Gasteiger partial charge in [-0.3, -0.25) is 9.56 Å². The molecule has 0 aliphatic carbocycles. The van der Waals surface area contributed by atoms with Gasteiger partial charge in [-0.25, -0.2) is 9.97 Å². The van der Waals surface area contributed by atoms with E-state index < -0.39 is 0 Å². The van der Waals surface area contributed by atoms with Gasteiger partial charge in [0.15, 0.2) is 5.96 Å². The maximum atomic E-state index is 4.48. The minimum absolute atomic E-state index is 0. The fourth-order valence-electron chi connectivity index (χ4n) is 2.19. The van der Waals surface area contributed by atoms with E-state index >= 15 is 0 Å². The second-order valence-corrected chi connectivity index (χ2v) is 4.85. The maximum Gasteiger partial charge on any atom is 0.194 e.